The van der Waals surface area contributed by atoms with Gasteiger partial charge in [0.2, 0.25) is 5.91 Å². The highest BCUT2D eigenvalue weighted by atomic mass is 32.1. The molecule has 0 aliphatic carbocycles. The molecular formula is C8H17N3OS. The summed E-state index contributed by atoms with van der Waals surface area (Å²) in [6.07, 6.45) is 0. The molecule has 13 heavy (non-hydrogen) atoms. The quantitative estimate of drug-likeness (QED) is 0.636. The molecule has 1 atom stereocenters. The van der Waals surface area contributed by atoms with Gasteiger partial charge in [0.05, 0.1) is 17.6 Å². The Morgan fingerprint density at radius 2 is 1.92 bits per heavy atom. The van der Waals surface area contributed by atoms with Crippen molar-refractivity contribution < 1.29 is 4.79 Å². The number of hydrogen-bond acceptors (Lipinski definition) is 3. The van der Waals surface area contributed by atoms with E-state index in [2.05, 4.69) is 0 Å². The van der Waals surface area contributed by atoms with Crippen molar-refractivity contribution in [3.63, 3.8) is 0 Å². The van der Waals surface area contributed by atoms with Crippen molar-refractivity contribution in [1.82, 2.24) is 9.80 Å². The van der Waals surface area contributed by atoms with Crippen LogP contribution in [0.1, 0.15) is 6.92 Å². The number of carbonyl (C=O) groups excluding carboxylic acids is 1. The molecule has 0 fully saturated rings. The van der Waals surface area contributed by atoms with Gasteiger partial charge < -0.3 is 10.6 Å². The minimum atomic E-state index is -0.0427. The van der Waals surface area contributed by atoms with Gasteiger partial charge >= 0.3 is 0 Å². The molecule has 0 saturated heterocycles. The summed E-state index contributed by atoms with van der Waals surface area (Å²) in [5.74, 6) is 0.0469. The molecule has 1 amide bonds. The summed E-state index contributed by atoms with van der Waals surface area (Å²) < 4.78 is 0. The lowest BCUT2D eigenvalue weighted by molar-refractivity contribution is -0.129. The van der Waals surface area contributed by atoms with Crippen molar-refractivity contribution in [2.24, 2.45) is 5.73 Å². The van der Waals surface area contributed by atoms with Gasteiger partial charge in [-0.05, 0) is 14.0 Å². The first-order valence-electron chi connectivity index (χ1n) is 4.06. The van der Waals surface area contributed by atoms with Crippen LogP contribution in [-0.4, -0.2) is 54.4 Å². The Labute approximate surface area is 84.7 Å². The lowest BCUT2D eigenvalue weighted by atomic mass is 10.3. The molecule has 0 aromatic heterocycles. The third-order valence-corrected chi connectivity index (χ3v) is 2.30. The first kappa shape index (κ1) is 12.3. The van der Waals surface area contributed by atoms with Crippen LogP contribution in [0.15, 0.2) is 0 Å². The Morgan fingerprint density at radius 3 is 2.23 bits per heavy atom. The summed E-state index contributed by atoms with van der Waals surface area (Å²) in [6.45, 7) is 2.22. The van der Waals surface area contributed by atoms with Crippen molar-refractivity contribution in [2.45, 2.75) is 13.0 Å². The van der Waals surface area contributed by atoms with Crippen LogP contribution < -0.4 is 5.73 Å². The molecule has 0 rings (SSSR count). The fourth-order valence-corrected chi connectivity index (χ4v) is 0.889. The van der Waals surface area contributed by atoms with Gasteiger partial charge in [-0.3, -0.25) is 9.69 Å². The van der Waals surface area contributed by atoms with Gasteiger partial charge in [0.15, 0.2) is 0 Å². The van der Waals surface area contributed by atoms with Crippen LogP contribution in [0.25, 0.3) is 0 Å². The molecule has 0 bridgehead atoms. The fraction of sp³-hybridized carbons (Fsp3) is 0.750. The Kier molecular flexibility index (Phi) is 4.87. The first-order chi connectivity index (χ1) is 5.86. The third kappa shape index (κ3) is 4.19. The lowest BCUT2D eigenvalue weighted by Crippen LogP contribution is -2.44. The number of carbonyl (C=O) groups is 1. The Morgan fingerprint density at radius 1 is 1.46 bits per heavy atom. The molecule has 76 valence electrons. The monoisotopic (exact) mass is 203 g/mol. The van der Waals surface area contributed by atoms with Crippen LogP contribution in [0.2, 0.25) is 0 Å². The van der Waals surface area contributed by atoms with E-state index in [1.54, 1.807) is 19.0 Å². The molecule has 0 aliphatic rings. The minimum absolute atomic E-state index is 0.0427. The maximum atomic E-state index is 11.3. The molecule has 0 aliphatic heterocycles. The lowest BCUT2D eigenvalue weighted by Gasteiger charge is -2.24. The molecular weight excluding hydrogens is 186 g/mol. The van der Waals surface area contributed by atoms with Gasteiger partial charge in [0.1, 0.15) is 0 Å². The van der Waals surface area contributed by atoms with Gasteiger partial charge in [-0.25, -0.2) is 0 Å². The Balaban J connectivity index is 4.07. The molecule has 1 unspecified atom stereocenters. The summed E-state index contributed by atoms with van der Waals surface area (Å²) in [5, 5.41) is 0. The summed E-state index contributed by atoms with van der Waals surface area (Å²) in [5.41, 5.74) is 5.45. The topological polar surface area (TPSA) is 49.6 Å². The van der Waals surface area contributed by atoms with Gasteiger partial charge in [-0.1, -0.05) is 12.2 Å². The summed E-state index contributed by atoms with van der Waals surface area (Å²) in [6, 6.07) is -0.0427. The first-order valence-corrected chi connectivity index (χ1v) is 4.46. The zero-order valence-corrected chi connectivity index (χ0v) is 9.39. The fourth-order valence-electron chi connectivity index (χ4n) is 0.709. The average molecular weight is 203 g/mol. The number of amides is 1. The van der Waals surface area contributed by atoms with Gasteiger partial charge in [0, 0.05) is 14.1 Å². The number of hydrogen-bond donors (Lipinski definition) is 1. The second-order valence-electron chi connectivity index (χ2n) is 3.28. The predicted molar refractivity (Wildman–Crippen MR) is 57.6 cm³/mol. The van der Waals surface area contributed by atoms with Crippen molar-refractivity contribution in [3.05, 3.63) is 0 Å². The zero-order valence-electron chi connectivity index (χ0n) is 8.57. The highest BCUT2D eigenvalue weighted by Gasteiger charge is 2.15. The zero-order chi connectivity index (χ0) is 10.6. The molecule has 0 aromatic carbocycles. The highest BCUT2D eigenvalue weighted by Crippen LogP contribution is 1.96. The number of likely N-dealkylation sites (N-methyl/N-ethyl adjacent to an activating group) is 2. The average Bonchev–Trinajstić information content (AvgIpc) is 2.02. The maximum Gasteiger partial charge on any atom is 0.236 e. The van der Waals surface area contributed by atoms with Gasteiger partial charge in [-0.15, -0.1) is 0 Å². The Hall–Kier alpha value is -0.680. The van der Waals surface area contributed by atoms with Crippen molar-refractivity contribution in [1.29, 1.82) is 0 Å². The third-order valence-electron chi connectivity index (χ3n) is 1.96. The molecule has 5 heteroatoms. The van der Waals surface area contributed by atoms with Gasteiger partial charge in [-0.2, -0.15) is 0 Å². The van der Waals surface area contributed by atoms with E-state index >= 15 is 0 Å². The minimum Gasteiger partial charge on any atom is -0.392 e. The van der Waals surface area contributed by atoms with Crippen LogP contribution in [0, 0.1) is 0 Å². The second kappa shape index (κ2) is 5.14. The van der Waals surface area contributed by atoms with E-state index in [4.69, 9.17) is 18.0 Å². The van der Waals surface area contributed by atoms with Crippen LogP contribution in [0.4, 0.5) is 0 Å². The van der Waals surface area contributed by atoms with E-state index in [0.717, 1.165) is 0 Å². The normalized spacial score (nSPS) is 12.7. The van der Waals surface area contributed by atoms with Crippen LogP contribution in [0.5, 0.6) is 0 Å². The van der Waals surface area contributed by atoms with E-state index in [9.17, 15) is 4.79 Å². The van der Waals surface area contributed by atoms with Crippen LogP contribution in [-0.2, 0) is 4.79 Å². The van der Waals surface area contributed by atoms with Crippen LogP contribution >= 0.6 is 12.2 Å². The SMILES string of the molecule is CC(C(N)=S)N(C)CC(=O)N(C)C. The highest BCUT2D eigenvalue weighted by molar-refractivity contribution is 7.80. The number of thiocarbonyl (C=S) groups is 1. The molecule has 0 spiro atoms. The summed E-state index contributed by atoms with van der Waals surface area (Å²) >= 11 is 4.82. The molecule has 0 aromatic rings. The van der Waals surface area contributed by atoms with Gasteiger partial charge in [0.25, 0.3) is 0 Å². The van der Waals surface area contributed by atoms with E-state index in [1.807, 2.05) is 18.9 Å². The van der Waals surface area contributed by atoms with E-state index in [1.165, 1.54) is 0 Å². The second-order valence-corrected chi connectivity index (χ2v) is 3.75. The number of nitrogens with two attached hydrogens (primary N) is 1. The van der Waals surface area contributed by atoms with Crippen molar-refractivity contribution >= 4 is 23.1 Å². The summed E-state index contributed by atoms with van der Waals surface area (Å²) in [4.78, 5) is 15.1. The standard InChI is InChI=1S/C8H17N3OS/c1-6(8(9)13)11(4)5-7(12)10(2)3/h6H,5H2,1-4H3,(H2,9,13). The molecule has 2 N–H and O–H groups in total. The van der Waals surface area contributed by atoms with E-state index in [-0.39, 0.29) is 11.9 Å². The molecule has 0 radical (unpaired) electrons. The maximum absolute atomic E-state index is 11.3. The van der Waals surface area contributed by atoms with Crippen LogP contribution in [0.3, 0.4) is 0 Å². The summed E-state index contributed by atoms with van der Waals surface area (Å²) in [7, 11) is 5.27. The largest absolute Gasteiger partial charge is 0.392 e. The predicted octanol–water partition coefficient (Wildman–Crippen LogP) is -0.319. The molecule has 0 saturated carbocycles. The Bertz CT molecular complexity index is 206. The number of nitrogens with zero attached hydrogens (tertiary/aromatic N) is 2. The smallest absolute Gasteiger partial charge is 0.236 e. The van der Waals surface area contributed by atoms with E-state index in [0.29, 0.717) is 11.5 Å². The molecule has 4 nitrogen and oxygen atoms in total. The number of rotatable bonds is 4. The van der Waals surface area contributed by atoms with Crippen molar-refractivity contribution in [3.8, 4) is 0 Å². The molecule has 0 heterocycles. The van der Waals surface area contributed by atoms with E-state index < -0.39 is 0 Å². The van der Waals surface area contributed by atoms with Crippen molar-refractivity contribution in [2.75, 3.05) is 27.7 Å².